The summed E-state index contributed by atoms with van der Waals surface area (Å²) in [5.74, 6) is 0. The van der Waals surface area contributed by atoms with Gasteiger partial charge in [0, 0.05) is 0 Å². The van der Waals surface area contributed by atoms with Crippen molar-refractivity contribution in [2.24, 2.45) is 0 Å². The third-order valence-electron chi connectivity index (χ3n) is 12.1. The zero-order chi connectivity index (χ0) is 25.4. The van der Waals surface area contributed by atoms with Crippen molar-refractivity contribution in [2.75, 3.05) is 0 Å². The van der Waals surface area contributed by atoms with Crippen molar-refractivity contribution in [2.45, 2.75) is 151 Å². The van der Waals surface area contributed by atoms with Gasteiger partial charge in [0.25, 0.3) is 0 Å². The topological polar surface area (TPSA) is 0 Å². The Hall–Kier alpha value is -0.700. The van der Waals surface area contributed by atoms with Crippen LogP contribution < -0.4 is 10.6 Å². The summed E-state index contributed by atoms with van der Waals surface area (Å²) < 4.78 is 0. The van der Waals surface area contributed by atoms with Gasteiger partial charge in [-0.15, -0.1) is 0 Å². The van der Waals surface area contributed by atoms with Crippen molar-refractivity contribution in [1.29, 1.82) is 0 Å². The van der Waals surface area contributed by atoms with E-state index in [1.165, 1.54) is 103 Å². The summed E-state index contributed by atoms with van der Waals surface area (Å²) in [5.41, 5.74) is 7.41. The van der Waals surface area contributed by atoms with E-state index in [0.29, 0.717) is 0 Å². The molecule has 5 aliphatic rings. The first kappa shape index (κ1) is 26.2. The van der Waals surface area contributed by atoms with Gasteiger partial charge in [-0.1, -0.05) is 0 Å². The monoisotopic (exact) mass is 546 g/mol. The summed E-state index contributed by atoms with van der Waals surface area (Å²) in [7, 11) is -0.0550. The van der Waals surface area contributed by atoms with E-state index in [2.05, 4.69) is 48.5 Å². The summed E-state index contributed by atoms with van der Waals surface area (Å²) >= 11 is 0. The zero-order valence-corrected chi connectivity index (χ0v) is 25.8. The number of fused-ring (bicyclic) bond motifs is 3. The number of benzene rings is 2. The van der Waals surface area contributed by atoms with Crippen LogP contribution in [-0.2, 0) is 0 Å². The molecule has 0 unspecified atom stereocenters. The maximum atomic E-state index is 2.78. The molecular formula is C36H52P2. The summed E-state index contributed by atoms with van der Waals surface area (Å²) in [4.78, 5) is 0. The average molecular weight is 547 g/mol. The fourth-order valence-corrected chi connectivity index (χ4v) is 35.3. The predicted molar refractivity (Wildman–Crippen MR) is 172 cm³/mol. The molecule has 0 aromatic heterocycles. The molecule has 2 aromatic carbocycles. The molecule has 0 saturated heterocycles. The van der Waals surface area contributed by atoms with E-state index in [9.17, 15) is 0 Å². The molecular weight excluding hydrogens is 494 g/mol. The molecule has 38 heavy (non-hydrogen) atoms. The molecule has 7 rings (SSSR count). The quantitative estimate of drug-likeness (QED) is 0.327. The van der Waals surface area contributed by atoms with E-state index < -0.39 is 6.29 Å². The van der Waals surface area contributed by atoms with Gasteiger partial charge in [0.2, 0.25) is 0 Å². The van der Waals surface area contributed by atoms with E-state index >= 15 is 0 Å². The van der Waals surface area contributed by atoms with E-state index in [1.54, 1.807) is 36.8 Å². The van der Waals surface area contributed by atoms with Gasteiger partial charge in [-0.25, -0.2) is 0 Å². The summed E-state index contributed by atoms with van der Waals surface area (Å²) in [6.07, 6.45) is 27.9. The van der Waals surface area contributed by atoms with Crippen molar-refractivity contribution in [1.82, 2.24) is 0 Å². The summed E-state index contributed by atoms with van der Waals surface area (Å²) in [6, 6.07) is 20.5. The molecule has 4 aliphatic carbocycles. The first-order valence-electron chi connectivity index (χ1n) is 16.9. The first-order chi connectivity index (χ1) is 18.9. The Morgan fingerprint density at radius 3 is 1.16 bits per heavy atom. The van der Waals surface area contributed by atoms with Crippen LogP contribution >= 0.6 is 13.9 Å². The van der Waals surface area contributed by atoms with Gasteiger partial charge in [-0.2, -0.15) is 0 Å². The molecule has 0 amide bonds. The number of hydrogen-bond donors (Lipinski definition) is 0. The first-order valence-corrected chi connectivity index (χ1v) is 21.4. The van der Waals surface area contributed by atoms with E-state index in [-0.39, 0.29) is 7.61 Å². The molecule has 4 fully saturated rings. The summed E-state index contributed by atoms with van der Waals surface area (Å²) in [6.45, 7) is 0. The molecule has 4 saturated carbocycles. The fraction of sp³-hybridized carbons (Fsp3) is 0.667. The standard InChI is InChI=1S/C36H52P2/c1-5-17-29(18-6-1)37(30-19-7-2-8-20-30)38(31-21-9-3-10-22-31,32-23-11-4-12-24-32)35-27-15-13-25-33(35)34-26-14-16-28-36(34)38/h13-16,25-32H,1-12,17-24H2. The third-order valence-corrected chi connectivity index (χ3v) is 30.7. The summed E-state index contributed by atoms with van der Waals surface area (Å²) in [5, 5.41) is 3.97. The van der Waals surface area contributed by atoms with Gasteiger partial charge in [0.15, 0.2) is 0 Å². The van der Waals surface area contributed by atoms with E-state index in [0.717, 1.165) is 22.6 Å². The molecule has 0 spiro atoms. The van der Waals surface area contributed by atoms with Crippen molar-refractivity contribution < 1.29 is 0 Å². The number of hydrogen-bond acceptors (Lipinski definition) is 0. The van der Waals surface area contributed by atoms with Gasteiger partial charge in [0.05, 0.1) is 0 Å². The molecule has 1 heterocycles. The van der Waals surface area contributed by atoms with E-state index in [4.69, 9.17) is 0 Å². The molecule has 2 heteroatoms. The Morgan fingerprint density at radius 2 is 0.763 bits per heavy atom. The van der Waals surface area contributed by atoms with Crippen LogP contribution in [-0.4, -0.2) is 22.6 Å². The van der Waals surface area contributed by atoms with Crippen LogP contribution in [0.2, 0.25) is 0 Å². The van der Waals surface area contributed by atoms with Crippen LogP contribution in [0.3, 0.4) is 0 Å². The van der Waals surface area contributed by atoms with Crippen LogP contribution in [0.25, 0.3) is 11.1 Å². The SMILES string of the molecule is c1ccc2c(c1)-c1ccccc1P2(C1CCCCC1)(C1CCCCC1)P(C1CCCCC1)C1CCCCC1. The maximum absolute atomic E-state index is 2.78. The van der Waals surface area contributed by atoms with Gasteiger partial charge in [0.1, 0.15) is 0 Å². The van der Waals surface area contributed by atoms with Crippen molar-refractivity contribution in [3.05, 3.63) is 48.5 Å². The average Bonchev–Trinajstić information content (AvgIpc) is 3.28. The van der Waals surface area contributed by atoms with Crippen molar-refractivity contribution in [3.8, 4) is 11.1 Å². The minimum atomic E-state index is -2.51. The Morgan fingerprint density at radius 1 is 0.421 bits per heavy atom. The molecule has 0 atom stereocenters. The Kier molecular flexibility index (Phi) is 7.55. The Labute approximate surface area is 234 Å². The van der Waals surface area contributed by atoms with Gasteiger partial charge in [-0.05, 0) is 0 Å². The predicted octanol–water partition coefficient (Wildman–Crippen LogP) is 10.9. The second kappa shape index (κ2) is 10.9. The zero-order valence-electron chi connectivity index (χ0n) is 24.0. The van der Waals surface area contributed by atoms with Crippen LogP contribution in [0, 0.1) is 0 Å². The van der Waals surface area contributed by atoms with Gasteiger partial charge in [-0.3, -0.25) is 0 Å². The molecule has 0 bridgehead atoms. The van der Waals surface area contributed by atoms with Crippen LogP contribution in [0.4, 0.5) is 0 Å². The van der Waals surface area contributed by atoms with Crippen LogP contribution in [0.1, 0.15) is 128 Å². The number of rotatable bonds is 5. The van der Waals surface area contributed by atoms with Crippen LogP contribution in [0.15, 0.2) is 48.5 Å². The molecule has 0 N–H and O–H groups in total. The van der Waals surface area contributed by atoms with Gasteiger partial charge >= 0.3 is 235 Å². The van der Waals surface area contributed by atoms with Crippen molar-refractivity contribution >= 4 is 24.5 Å². The van der Waals surface area contributed by atoms with E-state index in [1.807, 2.05) is 10.6 Å². The molecule has 2 aromatic rings. The second-order valence-electron chi connectivity index (χ2n) is 13.8. The molecule has 206 valence electrons. The Balaban J connectivity index is 1.61. The Bertz CT molecular complexity index is 1010. The normalized spacial score (nSPS) is 27.9. The second-order valence-corrected chi connectivity index (χ2v) is 24.8. The third kappa shape index (κ3) is 3.75. The molecule has 0 nitrogen and oxygen atoms in total. The molecule has 0 radical (unpaired) electrons. The molecule has 1 aliphatic heterocycles. The van der Waals surface area contributed by atoms with Crippen molar-refractivity contribution in [3.63, 3.8) is 0 Å². The van der Waals surface area contributed by atoms with Gasteiger partial charge < -0.3 is 0 Å². The minimum absolute atomic E-state index is 0.0550. The fourth-order valence-electron chi connectivity index (χ4n) is 11.0. The van der Waals surface area contributed by atoms with Crippen LogP contribution in [0.5, 0.6) is 0 Å².